The van der Waals surface area contributed by atoms with Crippen LogP contribution < -0.4 is 0 Å². The molecule has 7 heterocycles. The molecule has 0 radical (unpaired) electrons. The summed E-state index contributed by atoms with van der Waals surface area (Å²) in [5.41, 5.74) is 8.26. The molecule has 744 valence electrons. The van der Waals surface area contributed by atoms with Gasteiger partial charge in [0.25, 0.3) is 0 Å². The second kappa shape index (κ2) is 51.8. The van der Waals surface area contributed by atoms with Gasteiger partial charge in [0.05, 0.1) is 30.2 Å². The maximum absolute atomic E-state index is 4.38. The van der Waals surface area contributed by atoms with Crippen LogP contribution in [0, 0.1) is 135 Å². The van der Waals surface area contributed by atoms with E-state index in [-0.39, 0.29) is 48.9 Å². The second-order valence-corrected chi connectivity index (χ2v) is 56.5. The summed E-state index contributed by atoms with van der Waals surface area (Å²) in [4.78, 5) is 15.3. The number of hydrogen-bond donors (Lipinski definition) is 0. The molecule has 0 aliphatic carbocycles. The summed E-state index contributed by atoms with van der Waals surface area (Å²) in [5.74, 6) is 32.6. The minimum Gasteiger partial charge on any atom is -0.299 e. The molecule has 4 saturated heterocycles. The van der Waals surface area contributed by atoms with Crippen molar-refractivity contribution in [3.8, 4) is 59.2 Å². The lowest BCUT2D eigenvalue weighted by molar-refractivity contribution is -0.167. The molecule has 4 aliphatic rings. The van der Waals surface area contributed by atoms with E-state index in [2.05, 4.69) is 484 Å². The summed E-state index contributed by atoms with van der Waals surface area (Å²) in [7, 11) is 0. The van der Waals surface area contributed by atoms with Crippen LogP contribution in [-0.2, 0) is 39.0 Å². The van der Waals surface area contributed by atoms with Gasteiger partial charge < -0.3 is 0 Å². The highest BCUT2D eigenvalue weighted by atomic mass is 15.4. The van der Waals surface area contributed by atoms with Crippen LogP contribution in [-0.4, -0.2) is 182 Å². The van der Waals surface area contributed by atoms with Crippen LogP contribution in [0.15, 0.2) is 18.6 Å². The molecule has 1 spiro atoms. The Morgan fingerprint density at radius 3 is 1.01 bits per heavy atom. The highest BCUT2D eigenvalue weighted by Crippen LogP contribution is 2.45. The summed E-state index contributed by atoms with van der Waals surface area (Å²) in [6.45, 7) is 130. The van der Waals surface area contributed by atoms with Gasteiger partial charge in [-0.1, -0.05) is 195 Å². The Morgan fingerprint density at radius 1 is 0.279 bits per heavy atom. The Bertz CT molecular complexity index is 3860. The first-order chi connectivity index (χ1) is 57.6. The maximum Gasteiger partial charge on any atom is 0.0967 e. The predicted molar refractivity (Wildman–Crippen MR) is 564 cm³/mol. The Kier molecular flexibility index (Phi) is 49.8. The molecule has 0 aromatic carbocycles. The van der Waals surface area contributed by atoms with Crippen LogP contribution in [0.25, 0.3) is 0 Å². The predicted octanol–water partition coefficient (Wildman–Crippen LogP) is 27.3. The van der Waals surface area contributed by atoms with Crippen LogP contribution in [0.1, 0.15) is 434 Å². The quantitative estimate of drug-likeness (QED) is 0.0893. The number of hydrogen-bond acceptors (Lipinski definition) is 12. The lowest BCUT2D eigenvalue weighted by atomic mass is 9.69. The average Bonchev–Trinajstić information content (AvgIpc) is 0.793. The van der Waals surface area contributed by atoms with E-state index in [4.69, 9.17) is 0 Å². The van der Waals surface area contributed by atoms with Crippen molar-refractivity contribution in [2.24, 2.45) is 75.8 Å². The van der Waals surface area contributed by atoms with Crippen molar-refractivity contribution >= 4 is 0 Å². The Hall–Kier alpha value is -5.02. The number of nitrogens with zero attached hydrogens (tertiary/aromatic N) is 15. The van der Waals surface area contributed by atoms with E-state index in [1.165, 1.54) is 71.1 Å². The lowest BCUT2D eigenvalue weighted by Gasteiger charge is -2.66. The second-order valence-electron chi connectivity index (χ2n) is 56.5. The largest absolute Gasteiger partial charge is 0.299 e. The maximum atomic E-state index is 4.38. The number of aromatic nitrogens is 9. The van der Waals surface area contributed by atoms with Gasteiger partial charge in [-0.15, -0.1) is 33.1 Å². The lowest BCUT2D eigenvalue weighted by Crippen LogP contribution is -2.76. The molecule has 15 heteroatoms. The van der Waals surface area contributed by atoms with Crippen LogP contribution in [0.3, 0.4) is 0 Å². The topological polar surface area (TPSA) is 112 Å². The fraction of sp³-hybridized carbons (Fsp3) is 0.860. The van der Waals surface area contributed by atoms with Gasteiger partial charge in [-0.3, -0.25) is 43.4 Å². The van der Waals surface area contributed by atoms with Crippen molar-refractivity contribution in [1.29, 1.82) is 0 Å². The van der Waals surface area contributed by atoms with Gasteiger partial charge in [0.2, 0.25) is 0 Å². The van der Waals surface area contributed by atoms with Crippen molar-refractivity contribution in [3.05, 3.63) is 35.7 Å². The number of unbranched alkanes of at least 4 members (excludes halogenated alkanes) is 3. The minimum atomic E-state index is -0.114. The van der Waals surface area contributed by atoms with E-state index >= 15 is 0 Å². The molecule has 0 bridgehead atoms. The number of likely N-dealkylation sites (tertiary alicyclic amines) is 2. The fourth-order valence-electron chi connectivity index (χ4n) is 13.7. The third-order valence-electron chi connectivity index (χ3n) is 21.5. The molecule has 0 unspecified atom stereocenters. The SMILES string of the molecule is CC(C)(C)C#CC(C)(C)C.CC(C)(C)C#CC(C)(C)Cn1cc(CN2CCN(C(C)(C)C)CC2)nn1.CC(C)(C)C#CCC(C)(C)C.CC(C)(C)C#CCCC(C)(C)C.CC(C)(C)C#CCCCC(C)(C)C.CC(C)(C)CCCCCn1cc(CCC(C)(C)C)nn1.CC(C)(C)Cc1cn(CCN2CCN(C(C)(C)C)CC2)nn1.CC(C)(C)N1CC2(C1)CN(C(C)(C)C)C2. The van der Waals surface area contributed by atoms with Crippen molar-refractivity contribution in [2.75, 3.05) is 85.1 Å². The third-order valence-corrected chi connectivity index (χ3v) is 21.5. The van der Waals surface area contributed by atoms with E-state index in [1.807, 2.05) is 14.0 Å². The molecule has 4 fully saturated rings. The molecular formula is C114H213N15. The van der Waals surface area contributed by atoms with E-state index in [1.54, 1.807) is 0 Å². The zero-order valence-corrected chi connectivity index (χ0v) is 95.2. The highest BCUT2D eigenvalue weighted by Gasteiger charge is 2.55. The molecule has 3 aromatic heterocycles. The Morgan fingerprint density at radius 2 is 0.620 bits per heavy atom. The molecule has 15 nitrogen and oxygen atoms in total. The van der Waals surface area contributed by atoms with Crippen LogP contribution in [0.5, 0.6) is 0 Å². The number of piperazine rings is 2. The van der Waals surface area contributed by atoms with Gasteiger partial charge in [-0.25, -0.2) is 0 Å². The molecule has 0 saturated carbocycles. The first-order valence-corrected chi connectivity index (χ1v) is 50.3. The van der Waals surface area contributed by atoms with Crippen LogP contribution in [0.2, 0.25) is 0 Å². The van der Waals surface area contributed by atoms with E-state index < -0.39 is 0 Å². The average molecular weight is 1790 g/mol. The number of aryl methyl sites for hydroxylation is 2. The highest BCUT2D eigenvalue weighted by molar-refractivity contribution is 5.16. The van der Waals surface area contributed by atoms with Crippen molar-refractivity contribution in [2.45, 2.75) is 478 Å². The number of rotatable bonds is 18. The van der Waals surface area contributed by atoms with Gasteiger partial charge in [-0.05, 0) is 305 Å². The summed E-state index contributed by atoms with van der Waals surface area (Å²) in [6, 6.07) is 0. The zero-order chi connectivity index (χ0) is 101. The molecule has 3 aromatic rings. The molecule has 4 aliphatic heterocycles. The Labute approximate surface area is 803 Å². The van der Waals surface area contributed by atoms with Gasteiger partial charge >= 0.3 is 0 Å². The molecular weight excluding hydrogens is 1580 g/mol. The first-order valence-electron chi connectivity index (χ1n) is 50.3. The van der Waals surface area contributed by atoms with Crippen molar-refractivity contribution < 1.29 is 0 Å². The normalized spacial score (nSPS) is 16.4. The first kappa shape index (κ1) is 124. The van der Waals surface area contributed by atoms with Gasteiger partial charge in [-0.2, -0.15) is 0 Å². The van der Waals surface area contributed by atoms with Gasteiger partial charge in [0.15, 0.2) is 0 Å². The van der Waals surface area contributed by atoms with Crippen molar-refractivity contribution in [1.82, 2.24) is 74.4 Å². The molecule has 0 N–H and O–H groups in total. The minimum absolute atomic E-state index is 0.0278. The summed E-state index contributed by atoms with van der Waals surface area (Å²) < 4.78 is 5.95. The monoisotopic (exact) mass is 1790 g/mol. The van der Waals surface area contributed by atoms with Gasteiger partial charge in [0.1, 0.15) is 0 Å². The molecule has 7 rings (SSSR count). The van der Waals surface area contributed by atoms with Gasteiger partial charge in [0, 0.05) is 201 Å². The molecule has 0 atom stereocenters. The summed E-state index contributed by atoms with van der Waals surface area (Å²) in [6.07, 6.45) is 21.4. The van der Waals surface area contributed by atoms with E-state index in [0.29, 0.717) is 49.1 Å². The van der Waals surface area contributed by atoms with Crippen LogP contribution >= 0.6 is 0 Å². The van der Waals surface area contributed by atoms with E-state index in [9.17, 15) is 0 Å². The smallest absolute Gasteiger partial charge is 0.0967 e. The van der Waals surface area contributed by atoms with Crippen LogP contribution in [0.4, 0.5) is 0 Å². The Balaban J connectivity index is 0.00000148. The van der Waals surface area contributed by atoms with E-state index in [0.717, 1.165) is 141 Å². The third kappa shape index (κ3) is 69.5. The van der Waals surface area contributed by atoms with Crippen molar-refractivity contribution in [3.63, 3.8) is 0 Å². The molecule has 129 heavy (non-hydrogen) atoms. The summed E-state index contributed by atoms with van der Waals surface area (Å²) >= 11 is 0. The summed E-state index contributed by atoms with van der Waals surface area (Å²) in [5, 5.41) is 25.8. The fourth-order valence-corrected chi connectivity index (χ4v) is 13.7. The molecule has 0 amide bonds. The standard InChI is InChI=1S/C21H37N5.C17H33N5.C17H33N3.C13H26N2.C13H24.C12H22.C11H20.C10H18/c1-19(2,3)9-10-21(7,8)17-26-16-18(22-23-26)15-24-11-13-25(14-12-24)20(4,5)6;1-16(2,3)13-15-14-22(19-18-15)12-9-20-7-10-21(11-8-20)17(4,5)6;1-16(2,3)11-8-7-9-13-20-14-15(18-19-20)10-12-17(4,5)6;1-11(2,3)14-7-13(8-14)9-15(10-13)12(4,5)6;1-12(2,3)10-8-7-9-11-13(4,5)6;1-11(2,3)9-7-8-10-12(4,5)6;1-10(2,3)8-7-9-11(4,5)6;1-9(2,3)7-8-10(4,5)6/h16H,11-15,17H2,1-8H3;14H,7-13H2,1-6H3;14H,7-13H2,1-6H3;7-10H2,1-6H3;7-8,10H2,1-6H3;7,9H2,1-6H3;8H2,1-6H3;1-6H3. The zero-order valence-electron chi connectivity index (χ0n) is 95.2.